The van der Waals surface area contributed by atoms with Crippen LogP contribution in [0.1, 0.15) is 19.3 Å². The van der Waals surface area contributed by atoms with Crippen LogP contribution >= 0.6 is 0 Å². The predicted octanol–water partition coefficient (Wildman–Crippen LogP) is 0.819. The van der Waals surface area contributed by atoms with Crippen molar-refractivity contribution >= 4 is 0 Å². The van der Waals surface area contributed by atoms with Gasteiger partial charge < -0.3 is 4.74 Å². The average Bonchev–Trinajstić information content (AvgIpc) is 2.88. The number of ether oxygens (including phenoxy) is 1. The van der Waals surface area contributed by atoms with Gasteiger partial charge in [-0.1, -0.05) is 6.08 Å². The molecule has 3 N–H and O–H groups in total. The van der Waals surface area contributed by atoms with Crippen LogP contribution in [0.2, 0.25) is 0 Å². The Balaban J connectivity index is 2.41. The largest absolute Gasteiger partial charge is 0.379 e. The summed E-state index contributed by atoms with van der Waals surface area (Å²) in [6.07, 6.45) is 5.54. The van der Waals surface area contributed by atoms with Gasteiger partial charge >= 0.3 is 0 Å². The number of hydrogen-bond acceptors (Lipinski definition) is 3. The number of rotatable bonds is 6. The van der Waals surface area contributed by atoms with E-state index >= 15 is 0 Å². The third-order valence-corrected chi connectivity index (χ3v) is 2.39. The van der Waals surface area contributed by atoms with E-state index in [1.54, 1.807) is 7.11 Å². The molecular formula is C9H18N2O. The van der Waals surface area contributed by atoms with Gasteiger partial charge in [0.25, 0.3) is 0 Å². The van der Waals surface area contributed by atoms with Crippen LogP contribution in [0.5, 0.6) is 0 Å². The third kappa shape index (κ3) is 2.30. The molecule has 0 radical (unpaired) electrons. The van der Waals surface area contributed by atoms with Crippen molar-refractivity contribution < 1.29 is 4.74 Å². The molecule has 1 aliphatic rings. The summed E-state index contributed by atoms with van der Waals surface area (Å²) < 4.78 is 5.39. The molecule has 0 aromatic rings. The van der Waals surface area contributed by atoms with Crippen molar-refractivity contribution in [2.45, 2.75) is 31.4 Å². The molecule has 3 heteroatoms. The Labute approximate surface area is 73.9 Å². The summed E-state index contributed by atoms with van der Waals surface area (Å²) in [6, 6.07) is 0.222. The molecule has 0 amide bonds. The second-order valence-corrected chi connectivity index (χ2v) is 3.34. The standard InChI is InChI=1S/C9H18N2O/c1-3-4-8(11-10)9(12-2)7-5-6-7/h3,7-9,11H,1,4-6,10H2,2H3. The first-order valence-corrected chi connectivity index (χ1v) is 4.43. The van der Waals surface area contributed by atoms with Crippen LogP contribution in [0.3, 0.4) is 0 Å². The van der Waals surface area contributed by atoms with Crippen LogP contribution in [-0.2, 0) is 4.74 Å². The third-order valence-electron chi connectivity index (χ3n) is 2.39. The van der Waals surface area contributed by atoms with E-state index in [9.17, 15) is 0 Å². The number of methoxy groups -OCH3 is 1. The molecule has 70 valence electrons. The van der Waals surface area contributed by atoms with E-state index in [2.05, 4.69) is 12.0 Å². The minimum atomic E-state index is 0.222. The van der Waals surface area contributed by atoms with Crippen molar-refractivity contribution in [2.75, 3.05) is 7.11 Å². The Morgan fingerprint density at radius 3 is 2.75 bits per heavy atom. The highest BCUT2D eigenvalue weighted by atomic mass is 16.5. The molecule has 12 heavy (non-hydrogen) atoms. The van der Waals surface area contributed by atoms with Crippen LogP contribution in [0, 0.1) is 5.92 Å². The van der Waals surface area contributed by atoms with E-state index in [0.29, 0.717) is 5.92 Å². The number of nitrogens with two attached hydrogens (primary N) is 1. The normalized spacial score (nSPS) is 21.8. The zero-order chi connectivity index (χ0) is 8.97. The van der Waals surface area contributed by atoms with Gasteiger partial charge in [0.15, 0.2) is 0 Å². The van der Waals surface area contributed by atoms with Crippen LogP contribution < -0.4 is 11.3 Å². The topological polar surface area (TPSA) is 47.3 Å². The second-order valence-electron chi connectivity index (χ2n) is 3.34. The monoisotopic (exact) mass is 170 g/mol. The van der Waals surface area contributed by atoms with Gasteiger partial charge in [0.1, 0.15) is 0 Å². The molecule has 3 nitrogen and oxygen atoms in total. The highest BCUT2D eigenvalue weighted by molar-refractivity contribution is 4.92. The molecule has 0 bridgehead atoms. The van der Waals surface area contributed by atoms with Gasteiger partial charge in [-0.05, 0) is 25.2 Å². The lowest BCUT2D eigenvalue weighted by molar-refractivity contribution is 0.0519. The van der Waals surface area contributed by atoms with Crippen LogP contribution in [0.4, 0.5) is 0 Å². The maximum absolute atomic E-state index is 5.42. The average molecular weight is 170 g/mol. The molecule has 0 aromatic carbocycles. The summed E-state index contributed by atoms with van der Waals surface area (Å²) >= 11 is 0. The Morgan fingerprint density at radius 2 is 2.42 bits per heavy atom. The van der Waals surface area contributed by atoms with Crippen LogP contribution in [-0.4, -0.2) is 19.3 Å². The maximum atomic E-state index is 5.42. The Bertz CT molecular complexity index is 145. The Morgan fingerprint density at radius 1 is 1.75 bits per heavy atom. The lowest BCUT2D eigenvalue weighted by Crippen LogP contribution is -2.45. The minimum Gasteiger partial charge on any atom is -0.379 e. The van der Waals surface area contributed by atoms with Crippen molar-refractivity contribution in [1.82, 2.24) is 5.43 Å². The van der Waals surface area contributed by atoms with E-state index in [0.717, 1.165) is 6.42 Å². The Hall–Kier alpha value is -0.380. The lowest BCUT2D eigenvalue weighted by atomic mass is 10.0. The van der Waals surface area contributed by atoms with Crippen LogP contribution in [0.15, 0.2) is 12.7 Å². The zero-order valence-corrected chi connectivity index (χ0v) is 7.62. The molecular weight excluding hydrogens is 152 g/mol. The fourth-order valence-electron chi connectivity index (χ4n) is 1.59. The first-order chi connectivity index (χ1) is 5.83. The number of nitrogens with one attached hydrogen (secondary N) is 1. The highest BCUT2D eigenvalue weighted by Gasteiger charge is 2.35. The minimum absolute atomic E-state index is 0.222. The maximum Gasteiger partial charge on any atom is 0.0768 e. The van der Waals surface area contributed by atoms with E-state index in [1.807, 2.05) is 6.08 Å². The molecule has 0 saturated heterocycles. The molecule has 0 spiro atoms. The van der Waals surface area contributed by atoms with E-state index in [4.69, 9.17) is 10.6 Å². The van der Waals surface area contributed by atoms with Gasteiger partial charge in [-0.15, -0.1) is 6.58 Å². The molecule has 1 aliphatic carbocycles. The number of hydrogen-bond donors (Lipinski definition) is 2. The van der Waals surface area contributed by atoms with Gasteiger partial charge in [0.05, 0.1) is 12.1 Å². The lowest BCUT2D eigenvalue weighted by Gasteiger charge is -2.24. The van der Waals surface area contributed by atoms with Gasteiger partial charge in [-0.25, -0.2) is 0 Å². The van der Waals surface area contributed by atoms with Crippen molar-refractivity contribution in [2.24, 2.45) is 11.8 Å². The molecule has 1 saturated carbocycles. The summed E-state index contributed by atoms with van der Waals surface area (Å²) in [5, 5.41) is 0. The summed E-state index contributed by atoms with van der Waals surface area (Å²) in [4.78, 5) is 0. The molecule has 0 aliphatic heterocycles. The van der Waals surface area contributed by atoms with Gasteiger partial charge in [0, 0.05) is 7.11 Å². The summed E-state index contributed by atoms with van der Waals surface area (Å²) in [6.45, 7) is 3.69. The molecule has 0 heterocycles. The summed E-state index contributed by atoms with van der Waals surface area (Å²) in [5.41, 5.74) is 2.78. The highest BCUT2D eigenvalue weighted by Crippen LogP contribution is 2.36. The van der Waals surface area contributed by atoms with Crippen molar-refractivity contribution in [1.29, 1.82) is 0 Å². The fourth-order valence-corrected chi connectivity index (χ4v) is 1.59. The van der Waals surface area contributed by atoms with E-state index in [-0.39, 0.29) is 12.1 Å². The van der Waals surface area contributed by atoms with Crippen molar-refractivity contribution in [3.8, 4) is 0 Å². The van der Waals surface area contributed by atoms with Crippen molar-refractivity contribution in [3.63, 3.8) is 0 Å². The zero-order valence-electron chi connectivity index (χ0n) is 7.62. The first kappa shape index (κ1) is 9.71. The van der Waals surface area contributed by atoms with Gasteiger partial charge in [-0.2, -0.15) is 0 Å². The summed E-state index contributed by atoms with van der Waals surface area (Å²) in [7, 11) is 1.75. The molecule has 1 fully saturated rings. The second kappa shape index (κ2) is 4.60. The van der Waals surface area contributed by atoms with Crippen molar-refractivity contribution in [3.05, 3.63) is 12.7 Å². The SMILES string of the molecule is C=CCC(NN)C(OC)C1CC1. The molecule has 0 aromatic heterocycles. The van der Waals surface area contributed by atoms with E-state index < -0.39 is 0 Å². The molecule has 2 unspecified atom stereocenters. The van der Waals surface area contributed by atoms with E-state index in [1.165, 1.54) is 12.8 Å². The predicted molar refractivity (Wildman–Crippen MR) is 49.4 cm³/mol. The molecule has 2 atom stereocenters. The fraction of sp³-hybridized carbons (Fsp3) is 0.778. The van der Waals surface area contributed by atoms with Gasteiger partial charge in [-0.3, -0.25) is 11.3 Å². The van der Waals surface area contributed by atoms with Gasteiger partial charge in [0.2, 0.25) is 0 Å². The van der Waals surface area contributed by atoms with Crippen LogP contribution in [0.25, 0.3) is 0 Å². The Kier molecular flexibility index (Phi) is 3.72. The molecule has 1 rings (SSSR count). The first-order valence-electron chi connectivity index (χ1n) is 4.43. The quantitative estimate of drug-likeness (QED) is 0.352. The summed E-state index contributed by atoms with van der Waals surface area (Å²) in [5.74, 6) is 6.13. The number of hydrazine groups is 1. The smallest absolute Gasteiger partial charge is 0.0768 e.